The number of hydrogen-bond donors (Lipinski definition) is 1. The third-order valence-electron chi connectivity index (χ3n) is 3.75. The van der Waals surface area contributed by atoms with E-state index in [1.807, 2.05) is 0 Å². The fourth-order valence-corrected chi connectivity index (χ4v) is 2.58. The summed E-state index contributed by atoms with van der Waals surface area (Å²) in [6, 6.07) is -0.334. The fourth-order valence-electron chi connectivity index (χ4n) is 2.58. The van der Waals surface area contributed by atoms with Crippen molar-refractivity contribution in [2.75, 3.05) is 0 Å². The molecule has 0 amide bonds. The highest BCUT2D eigenvalue weighted by atomic mass is 19.3. The van der Waals surface area contributed by atoms with Crippen molar-refractivity contribution < 1.29 is 8.78 Å². The van der Waals surface area contributed by atoms with Gasteiger partial charge in [0.1, 0.15) is 0 Å². The van der Waals surface area contributed by atoms with Crippen LogP contribution in [0.3, 0.4) is 0 Å². The molecule has 2 aromatic heterocycles. The van der Waals surface area contributed by atoms with Crippen LogP contribution in [0.2, 0.25) is 0 Å². The molecule has 1 aliphatic rings. The van der Waals surface area contributed by atoms with E-state index in [1.54, 1.807) is 23.1 Å². The molecule has 19 heavy (non-hydrogen) atoms. The third-order valence-corrected chi connectivity index (χ3v) is 3.75. The highest BCUT2D eigenvalue weighted by Crippen LogP contribution is 2.40. The van der Waals surface area contributed by atoms with Crippen LogP contribution in [0.1, 0.15) is 37.4 Å². The van der Waals surface area contributed by atoms with Crippen LogP contribution in [0.4, 0.5) is 8.78 Å². The molecule has 1 atom stereocenters. The second-order valence-electron chi connectivity index (χ2n) is 5.07. The van der Waals surface area contributed by atoms with Crippen LogP contribution < -0.4 is 5.73 Å². The second-order valence-corrected chi connectivity index (χ2v) is 5.07. The molecule has 0 saturated heterocycles. The molecular weight excluding hydrogens is 252 g/mol. The Labute approximate surface area is 108 Å². The van der Waals surface area contributed by atoms with E-state index in [2.05, 4.69) is 15.1 Å². The summed E-state index contributed by atoms with van der Waals surface area (Å²) in [4.78, 5) is 8.37. The lowest BCUT2D eigenvalue weighted by atomic mass is 9.81. The predicted octanol–water partition coefficient (Wildman–Crippen LogP) is 1.95. The number of hydrogen-bond acceptors (Lipinski definition) is 4. The van der Waals surface area contributed by atoms with E-state index in [0.717, 1.165) is 0 Å². The minimum Gasteiger partial charge on any atom is -0.322 e. The lowest BCUT2D eigenvalue weighted by molar-refractivity contribution is -0.0484. The first-order valence-electron chi connectivity index (χ1n) is 6.35. The molecule has 5 nitrogen and oxygen atoms in total. The molecule has 0 aromatic carbocycles. The van der Waals surface area contributed by atoms with Crippen molar-refractivity contribution in [1.29, 1.82) is 0 Å². The van der Waals surface area contributed by atoms with Crippen molar-refractivity contribution in [2.24, 2.45) is 11.7 Å². The van der Waals surface area contributed by atoms with E-state index in [-0.39, 0.29) is 24.8 Å². The lowest BCUT2D eigenvalue weighted by Gasteiger charge is -2.31. The first kappa shape index (κ1) is 12.4. The van der Waals surface area contributed by atoms with Gasteiger partial charge in [0.05, 0.1) is 30.3 Å². The van der Waals surface area contributed by atoms with Gasteiger partial charge in [0.2, 0.25) is 5.92 Å². The van der Waals surface area contributed by atoms with E-state index in [0.29, 0.717) is 24.3 Å². The zero-order valence-corrected chi connectivity index (χ0v) is 10.3. The third kappa shape index (κ3) is 2.42. The molecule has 3 rings (SSSR count). The summed E-state index contributed by atoms with van der Waals surface area (Å²) in [5.74, 6) is -2.00. The molecule has 1 aliphatic carbocycles. The van der Waals surface area contributed by atoms with E-state index in [4.69, 9.17) is 5.73 Å². The Kier molecular flexibility index (Phi) is 2.93. The number of fused-ring (bicyclic) bond motifs is 1. The van der Waals surface area contributed by atoms with Crippen molar-refractivity contribution in [3.63, 3.8) is 0 Å². The topological polar surface area (TPSA) is 69.1 Å². The van der Waals surface area contributed by atoms with Gasteiger partial charge in [-0.2, -0.15) is 5.10 Å². The average Bonchev–Trinajstić information content (AvgIpc) is 2.81. The van der Waals surface area contributed by atoms with Gasteiger partial charge in [-0.1, -0.05) is 0 Å². The maximum atomic E-state index is 13.1. The smallest absolute Gasteiger partial charge is 0.250 e. The monoisotopic (exact) mass is 267 g/mol. The number of nitrogens with zero attached hydrogens (tertiary/aromatic N) is 4. The maximum Gasteiger partial charge on any atom is 0.250 e. The van der Waals surface area contributed by atoms with Gasteiger partial charge in [0.15, 0.2) is 0 Å². The zero-order valence-electron chi connectivity index (χ0n) is 10.3. The molecular formula is C12H15F2N5. The van der Waals surface area contributed by atoms with Crippen LogP contribution in [0.5, 0.6) is 0 Å². The molecule has 2 N–H and O–H groups in total. The Bertz CT molecular complexity index is 539. The standard InChI is InChI=1S/C12H15F2N5/c13-12(14)3-1-8(2-4-12)10(15)9-7-19-11(18-9)16-5-6-17-19/h5-8,10H,1-4,15H2. The van der Waals surface area contributed by atoms with Crippen LogP contribution in [-0.2, 0) is 0 Å². The summed E-state index contributed by atoms with van der Waals surface area (Å²) >= 11 is 0. The Morgan fingerprint density at radius 2 is 2.05 bits per heavy atom. The summed E-state index contributed by atoms with van der Waals surface area (Å²) in [5, 5.41) is 4.07. The van der Waals surface area contributed by atoms with Crippen LogP contribution in [0.15, 0.2) is 18.6 Å². The fraction of sp³-hybridized carbons (Fsp3) is 0.583. The Balaban J connectivity index is 1.78. The van der Waals surface area contributed by atoms with Crippen molar-refractivity contribution in [3.05, 3.63) is 24.3 Å². The van der Waals surface area contributed by atoms with Crippen LogP contribution in [0, 0.1) is 5.92 Å². The van der Waals surface area contributed by atoms with Crippen molar-refractivity contribution in [2.45, 2.75) is 37.6 Å². The molecule has 0 bridgehead atoms. The molecule has 2 aromatic rings. The first-order chi connectivity index (χ1) is 9.05. The van der Waals surface area contributed by atoms with Crippen molar-refractivity contribution >= 4 is 5.78 Å². The lowest BCUT2D eigenvalue weighted by Crippen LogP contribution is -2.31. The van der Waals surface area contributed by atoms with Crippen molar-refractivity contribution in [1.82, 2.24) is 19.6 Å². The summed E-state index contributed by atoms with van der Waals surface area (Å²) < 4.78 is 27.8. The van der Waals surface area contributed by atoms with Gasteiger partial charge >= 0.3 is 0 Å². The predicted molar refractivity (Wildman–Crippen MR) is 64.6 cm³/mol. The molecule has 102 valence electrons. The van der Waals surface area contributed by atoms with Gasteiger partial charge in [-0.3, -0.25) is 0 Å². The van der Waals surface area contributed by atoms with Gasteiger partial charge in [-0.15, -0.1) is 0 Å². The Hall–Kier alpha value is -1.63. The molecule has 7 heteroatoms. The number of nitrogens with two attached hydrogens (primary N) is 1. The van der Waals surface area contributed by atoms with E-state index >= 15 is 0 Å². The SMILES string of the molecule is NC(c1cn2nccnc2n1)C1CCC(F)(F)CC1. The summed E-state index contributed by atoms with van der Waals surface area (Å²) in [7, 11) is 0. The average molecular weight is 267 g/mol. The quantitative estimate of drug-likeness (QED) is 0.903. The van der Waals surface area contributed by atoms with Crippen LogP contribution in [0.25, 0.3) is 5.78 Å². The van der Waals surface area contributed by atoms with Crippen LogP contribution >= 0.6 is 0 Å². The Morgan fingerprint density at radius 3 is 2.74 bits per heavy atom. The molecule has 1 saturated carbocycles. The molecule has 2 heterocycles. The summed E-state index contributed by atoms with van der Waals surface area (Å²) in [6.07, 6.45) is 5.53. The molecule has 0 spiro atoms. The minimum atomic E-state index is -2.53. The van der Waals surface area contributed by atoms with Crippen LogP contribution in [-0.4, -0.2) is 25.5 Å². The number of imidazole rings is 1. The van der Waals surface area contributed by atoms with E-state index < -0.39 is 5.92 Å². The van der Waals surface area contributed by atoms with Gasteiger partial charge < -0.3 is 5.73 Å². The number of alkyl halides is 2. The zero-order chi connectivity index (χ0) is 13.5. The van der Waals surface area contributed by atoms with Gasteiger partial charge in [-0.05, 0) is 18.8 Å². The van der Waals surface area contributed by atoms with Crippen molar-refractivity contribution in [3.8, 4) is 0 Å². The molecule has 0 radical (unpaired) electrons. The van der Waals surface area contributed by atoms with E-state index in [1.165, 1.54) is 0 Å². The number of aromatic nitrogens is 4. The maximum absolute atomic E-state index is 13.1. The summed E-state index contributed by atoms with van der Waals surface area (Å²) in [5.41, 5.74) is 6.81. The minimum absolute atomic E-state index is 0.0459. The number of halogens is 2. The molecule has 0 aliphatic heterocycles. The normalized spacial score (nSPS) is 21.6. The van der Waals surface area contributed by atoms with Gasteiger partial charge in [0.25, 0.3) is 5.78 Å². The highest BCUT2D eigenvalue weighted by Gasteiger charge is 2.37. The van der Waals surface area contributed by atoms with Gasteiger partial charge in [-0.25, -0.2) is 23.3 Å². The Morgan fingerprint density at radius 1 is 1.32 bits per heavy atom. The second kappa shape index (κ2) is 4.48. The summed E-state index contributed by atoms with van der Waals surface area (Å²) in [6.45, 7) is 0. The highest BCUT2D eigenvalue weighted by molar-refractivity contribution is 5.28. The van der Waals surface area contributed by atoms with E-state index in [9.17, 15) is 8.78 Å². The first-order valence-corrected chi connectivity index (χ1v) is 6.35. The molecule has 1 unspecified atom stereocenters. The van der Waals surface area contributed by atoms with Gasteiger partial charge in [0, 0.05) is 12.8 Å². The largest absolute Gasteiger partial charge is 0.322 e. The number of rotatable bonds is 2. The molecule has 1 fully saturated rings.